The molecular formula is C18H22ClN3O4S2. The number of hydrogen-bond donors (Lipinski definition) is 0. The monoisotopic (exact) mass is 443 g/mol. The molecule has 0 aliphatic carbocycles. The van der Waals surface area contributed by atoms with Crippen molar-refractivity contribution in [1.29, 1.82) is 0 Å². The van der Waals surface area contributed by atoms with Gasteiger partial charge in [-0.25, -0.2) is 8.42 Å². The fourth-order valence-corrected chi connectivity index (χ4v) is 7.29. The molecule has 0 unspecified atom stereocenters. The van der Waals surface area contributed by atoms with Gasteiger partial charge in [0.1, 0.15) is 6.04 Å². The number of hydrogen-bond acceptors (Lipinski definition) is 5. The molecule has 3 saturated heterocycles. The Morgan fingerprint density at radius 1 is 1.25 bits per heavy atom. The van der Waals surface area contributed by atoms with Crippen molar-refractivity contribution in [1.82, 2.24) is 14.1 Å². The molecule has 3 aliphatic heterocycles. The lowest BCUT2D eigenvalue weighted by Crippen LogP contribution is -2.56. The molecule has 0 saturated carbocycles. The first-order valence-electron chi connectivity index (χ1n) is 9.23. The molecule has 2 amide bonds. The normalized spacial score (nSPS) is 28.6. The van der Waals surface area contributed by atoms with Gasteiger partial charge in [-0.05, 0) is 31.5 Å². The topological polar surface area (TPSA) is 78.0 Å². The summed E-state index contributed by atoms with van der Waals surface area (Å²) in [5, 5.41) is 0.368. The van der Waals surface area contributed by atoms with Gasteiger partial charge in [0.25, 0.3) is 0 Å². The predicted molar refractivity (Wildman–Crippen MR) is 108 cm³/mol. The van der Waals surface area contributed by atoms with E-state index < -0.39 is 16.1 Å². The number of halogens is 1. The Labute approximate surface area is 174 Å². The van der Waals surface area contributed by atoms with Crippen molar-refractivity contribution >= 4 is 45.2 Å². The second kappa shape index (κ2) is 7.19. The molecule has 0 radical (unpaired) electrons. The molecule has 28 heavy (non-hydrogen) atoms. The van der Waals surface area contributed by atoms with Crippen molar-refractivity contribution in [2.45, 2.75) is 35.6 Å². The van der Waals surface area contributed by atoms with Crippen LogP contribution in [0.25, 0.3) is 0 Å². The minimum Gasteiger partial charge on any atom is -0.338 e. The van der Waals surface area contributed by atoms with Gasteiger partial charge in [0.2, 0.25) is 21.8 Å². The minimum atomic E-state index is -3.64. The molecule has 4 rings (SSSR count). The van der Waals surface area contributed by atoms with Crippen LogP contribution in [0.1, 0.15) is 19.8 Å². The maximum Gasteiger partial charge on any atom is 0.246 e. The summed E-state index contributed by atoms with van der Waals surface area (Å²) in [7, 11) is -3.64. The molecule has 0 aromatic heterocycles. The maximum atomic E-state index is 13.0. The molecular weight excluding hydrogens is 422 g/mol. The van der Waals surface area contributed by atoms with Crippen molar-refractivity contribution in [2.24, 2.45) is 0 Å². The summed E-state index contributed by atoms with van der Waals surface area (Å²) in [6.07, 6.45) is 1.25. The van der Waals surface area contributed by atoms with Gasteiger partial charge in [-0.1, -0.05) is 17.7 Å². The highest BCUT2D eigenvalue weighted by Gasteiger charge is 2.53. The summed E-state index contributed by atoms with van der Waals surface area (Å²) in [6.45, 7) is 3.11. The number of sulfonamides is 1. The Bertz CT molecular complexity index is 917. The van der Waals surface area contributed by atoms with E-state index in [0.717, 1.165) is 6.42 Å². The molecule has 10 heteroatoms. The minimum absolute atomic E-state index is 0.0352. The molecule has 0 bridgehead atoms. The molecule has 152 valence electrons. The van der Waals surface area contributed by atoms with Crippen LogP contribution in [0.4, 0.5) is 0 Å². The summed E-state index contributed by atoms with van der Waals surface area (Å²) in [6, 6.07) is 5.75. The van der Waals surface area contributed by atoms with Crippen LogP contribution in [0, 0.1) is 0 Å². The van der Waals surface area contributed by atoms with Gasteiger partial charge in [0, 0.05) is 43.4 Å². The number of piperazine rings is 1. The van der Waals surface area contributed by atoms with Crippen LogP contribution in [0.3, 0.4) is 0 Å². The van der Waals surface area contributed by atoms with Crippen molar-refractivity contribution < 1.29 is 18.0 Å². The molecule has 1 aromatic carbocycles. The summed E-state index contributed by atoms with van der Waals surface area (Å²) >= 11 is 7.59. The third-order valence-corrected chi connectivity index (χ3v) is 9.35. The zero-order chi connectivity index (χ0) is 20.1. The van der Waals surface area contributed by atoms with Crippen LogP contribution in [0.2, 0.25) is 5.02 Å². The Hall–Kier alpha value is -1.29. The van der Waals surface area contributed by atoms with E-state index in [-0.39, 0.29) is 34.7 Å². The van der Waals surface area contributed by atoms with E-state index in [1.165, 1.54) is 16.4 Å². The molecule has 1 aromatic rings. The lowest BCUT2D eigenvalue weighted by molar-refractivity contribution is -0.144. The summed E-state index contributed by atoms with van der Waals surface area (Å²) in [4.78, 5) is 28.6. The van der Waals surface area contributed by atoms with E-state index in [0.29, 0.717) is 30.3 Å². The molecule has 0 spiro atoms. The lowest BCUT2D eigenvalue weighted by atomic mass is 10.2. The predicted octanol–water partition coefficient (Wildman–Crippen LogP) is 1.63. The Morgan fingerprint density at radius 3 is 2.64 bits per heavy atom. The van der Waals surface area contributed by atoms with Gasteiger partial charge in [-0.2, -0.15) is 4.31 Å². The third kappa shape index (κ3) is 3.32. The van der Waals surface area contributed by atoms with E-state index in [2.05, 4.69) is 0 Å². The molecule has 7 nitrogen and oxygen atoms in total. The maximum absolute atomic E-state index is 13.0. The van der Waals surface area contributed by atoms with E-state index >= 15 is 0 Å². The van der Waals surface area contributed by atoms with Crippen LogP contribution in [0.15, 0.2) is 29.2 Å². The Kier molecular flexibility index (Phi) is 5.14. The summed E-state index contributed by atoms with van der Waals surface area (Å²) in [5.74, 6) is 0.557. The standard InChI is InChI=1S/C18H22ClN3O4S2/c1-18-6-5-16(23)22(18)15(12-27-18)17(24)20-7-9-21(10-8-20)28(25,26)14-4-2-3-13(19)11-14/h2-4,11,15H,5-10,12H2,1H3/t15-,18-/m1/s1. The smallest absolute Gasteiger partial charge is 0.246 e. The lowest BCUT2D eigenvalue weighted by Gasteiger charge is -2.37. The average molecular weight is 444 g/mol. The number of thioether (sulfide) groups is 1. The van der Waals surface area contributed by atoms with Crippen LogP contribution < -0.4 is 0 Å². The number of rotatable bonds is 3. The molecule has 2 atom stereocenters. The van der Waals surface area contributed by atoms with E-state index in [1.807, 2.05) is 6.92 Å². The SMILES string of the molecule is C[C@@]12CCC(=O)N1[C@@H](C(=O)N1CCN(S(=O)(=O)c3cccc(Cl)c3)CC1)CS2. The van der Waals surface area contributed by atoms with Crippen molar-refractivity contribution in [3.8, 4) is 0 Å². The largest absolute Gasteiger partial charge is 0.338 e. The number of benzene rings is 1. The summed E-state index contributed by atoms with van der Waals surface area (Å²) in [5.41, 5.74) is 0. The third-order valence-electron chi connectivity index (χ3n) is 5.71. The number of carbonyl (C=O) groups excluding carboxylic acids is 2. The first-order valence-corrected chi connectivity index (χ1v) is 12.0. The molecule has 3 heterocycles. The van der Waals surface area contributed by atoms with Gasteiger partial charge in [-0.3, -0.25) is 9.59 Å². The first-order chi connectivity index (χ1) is 13.2. The zero-order valence-electron chi connectivity index (χ0n) is 15.5. The van der Waals surface area contributed by atoms with Crippen molar-refractivity contribution in [2.75, 3.05) is 31.9 Å². The van der Waals surface area contributed by atoms with Gasteiger partial charge < -0.3 is 9.80 Å². The number of amides is 2. The first kappa shape index (κ1) is 20.0. The Balaban J connectivity index is 1.43. The number of carbonyl (C=O) groups is 2. The van der Waals surface area contributed by atoms with E-state index in [9.17, 15) is 18.0 Å². The van der Waals surface area contributed by atoms with Crippen LogP contribution in [0.5, 0.6) is 0 Å². The van der Waals surface area contributed by atoms with Gasteiger partial charge in [0.05, 0.1) is 9.77 Å². The fourth-order valence-electron chi connectivity index (χ4n) is 4.14. The number of fused-ring (bicyclic) bond motifs is 1. The quantitative estimate of drug-likeness (QED) is 0.709. The molecule has 3 aliphatic rings. The van der Waals surface area contributed by atoms with E-state index in [4.69, 9.17) is 11.6 Å². The van der Waals surface area contributed by atoms with Crippen LogP contribution in [-0.2, 0) is 19.6 Å². The van der Waals surface area contributed by atoms with Crippen molar-refractivity contribution in [3.05, 3.63) is 29.3 Å². The highest BCUT2D eigenvalue weighted by atomic mass is 35.5. The zero-order valence-corrected chi connectivity index (χ0v) is 17.9. The molecule has 0 N–H and O–H groups in total. The second-order valence-electron chi connectivity index (χ2n) is 7.45. The Morgan fingerprint density at radius 2 is 1.96 bits per heavy atom. The fraction of sp³-hybridized carbons (Fsp3) is 0.556. The van der Waals surface area contributed by atoms with Gasteiger partial charge in [0.15, 0.2) is 0 Å². The second-order valence-corrected chi connectivity index (χ2v) is 11.3. The van der Waals surface area contributed by atoms with Crippen LogP contribution >= 0.6 is 23.4 Å². The summed E-state index contributed by atoms with van der Waals surface area (Å²) < 4.78 is 27.0. The average Bonchev–Trinajstić information content (AvgIpc) is 3.17. The van der Waals surface area contributed by atoms with E-state index in [1.54, 1.807) is 33.7 Å². The van der Waals surface area contributed by atoms with Crippen LogP contribution in [-0.4, -0.2) is 77.2 Å². The highest BCUT2D eigenvalue weighted by Crippen LogP contribution is 2.47. The van der Waals surface area contributed by atoms with Gasteiger partial charge in [-0.15, -0.1) is 11.8 Å². The van der Waals surface area contributed by atoms with Crippen molar-refractivity contribution in [3.63, 3.8) is 0 Å². The highest BCUT2D eigenvalue weighted by molar-refractivity contribution is 8.01. The number of nitrogens with zero attached hydrogens (tertiary/aromatic N) is 3. The van der Waals surface area contributed by atoms with Gasteiger partial charge >= 0.3 is 0 Å². The molecule has 3 fully saturated rings.